The van der Waals surface area contributed by atoms with Gasteiger partial charge in [0.2, 0.25) is 0 Å². The van der Waals surface area contributed by atoms with Gasteiger partial charge in [0, 0.05) is 5.92 Å². The first-order chi connectivity index (χ1) is 9.61. The molecule has 0 radical (unpaired) electrons. The van der Waals surface area contributed by atoms with Gasteiger partial charge in [-0.05, 0) is 18.4 Å². The molecule has 1 aliphatic heterocycles. The molecule has 0 saturated carbocycles. The molecule has 0 spiro atoms. The highest BCUT2D eigenvalue weighted by atomic mass is 16.5. The average molecular weight is 274 g/mol. The molecule has 4 heteroatoms. The maximum absolute atomic E-state index is 12.0. The minimum Gasteiger partial charge on any atom is -0.448 e. The van der Waals surface area contributed by atoms with E-state index in [2.05, 4.69) is 29.4 Å². The summed E-state index contributed by atoms with van der Waals surface area (Å²) >= 11 is 0. The summed E-state index contributed by atoms with van der Waals surface area (Å²) < 4.78 is 5.74. The Kier molecular flexibility index (Phi) is 4.42. The van der Waals surface area contributed by atoms with Gasteiger partial charge in [-0.3, -0.25) is 10.1 Å². The van der Waals surface area contributed by atoms with Gasteiger partial charge in [-0.2, -0.15) is 0 Å². The third-order valence-electron chi connectivity index (χ3n) is 3.95. The summed E-state index contributed by atoms with van der Waals surface area (Å²) in [5, 5.41) is 2.74. The first kappa shape index (κ1) is 14.6. The second-order valence-electron chi connectivity index (χ2n) is 5.22. The lowest BCUT2D eigenvalue weighted by Gasteiger charge is -2.20. The van der Waals surface area contributed by atoms with Crippen LogP contribution in [0.3, 0.4) is 0 Å². The predicted octanol–water partition coefficient (Wildman–Crippen LogP) is 2.85. The number of ether oxygens (including phenoxy) is 1. The van der Waals surface area contributed by atoms with Crippen molar-refractivity contribution < 1.29 is 9.53 Å². The third kappa shape index (κ3) is 2.84. The Bertz CT molecular complexity index is 492. The summed E-state index contributed by atoms with van der Waals surface area (Å²) in [6.07, 6.45) is 1.31. The van der Waals surface area contributed by atoms with Crippen molar-refractivity contribution in [2.24, 2.45) is 4.99 Å². The van der Waals surface area contributed by atoms with Crippen LogP contribution >= 0.6 is 0 Å². The van der Waals surface area contributed by atoms with Crippen molar-refractivity contribution in [2.75, 3.05) is 6.54 Å². The number of benzene rings is 1. The molecular formula is C16H22N2O2. The first-order valence-electron chi connectivity index (χ1n) is 7.21. The molecule has 4 nitrogen and oxygen atoms in total. The molecule has 1 amide bonds. The van der Waals surface area contributed by atoms with Crippen LogP contribution in [0.2, 0.25) is 0 Å². The van der Waals surface area contributed by atoms with Crippen molar-refractivity contribution >= 4 is 11.9 Å². The van der Waals surface area contributed by atoms with Crippen LogP contribution < -0.4 is 5.32 Å². The maximum Gasteiger partial charge on any atom is 0.292 e. The fraction of sp³-hybridized carbons (Fsp3) is 0.500. The van der Waals surface area contributed by atoms with Gasteiger partial charge in [0.25, 0.3) is 11.9 Å². The molecule has 1 aromatic carbocycles. The summed E-state index contributed by atoms with van der Waals surface area (Å²) in [4.78, 5) is 16.4. The molecule has 1 aromatic rings. The number of nitrogens with zero attached hydrogens (tertiary/aromatic N) is 1. The molecule has 0 aliphatic carbocycles. The van der Waals surface area contributed by atoms with Gasteiger partial charge in [0.15, 0.2) is 5.60 Å². The van der Waals surface area contributed by atoms with Gasteiger partial charge < -0.3 is 4.74 Å². The van der Waals surface area contributed by atoms with Crippen LogP contribution in [-0.4, -0.2) is 24.1 Å². The molecule has 1 heterocycles. The summed E-state index contributed by atoms with van der Waals surface area (Å²) in [6.45, 7) is 6.63. The normalized spacial score (nSPS) is 20.6. The van der Waals surface area contributed by atoms with E-state index in [0.29, 0.717) is 31.3 Å². The molecule has 1 N–H and O–H groups in total. The zero-order chi connectivity index (χ0) is 14.6. The standard InChI is InChI=1S/C16H22N2O2/c1-4-16(5-2)14(19)18-15(20-16)17-11-12(3)13-9-7-6-8-10-13/h6-10,12H,4-5,11H2,1-3H3,(H,17,18,19)/t12-/m1/s1. The van der Waals surface area contributed by atoms with E-state index in [1.54, 1.807) is 0 Å². The lowest BCUT2D eigenvalue weighted by atomic mass is 9.97. The molecule has 0 bridgehead atoms. The number of hydrogen-bond donors (Lipinski definition) is 1. The summed E-state index contributed by atoms with van der Waals surface area (Å²) in [5.41, 5.74) is 0.507. The van der Waals surface area contributed by atoms with Crippen LogP contribution in [0.1, 0.15) is 45.1 Å². The van der Waals surface area contributed by atoms with Gasteiger partial charge in [0.05, 0.1) is 6.54 Å². The molecule has 1 atom stereocenters. The number of aliphatic imine (C=N–C) groups is 1. The molecule has 108 valence electrons. The summed E-state index contributed by atoms with van der Waals surface area (Å²) in [6, 6.07) is 10.6. The van der Waals surface area contributed by atoms with Crippen LogP contribution in [0.25, 0.3) is 0 Å². The lowest BCUT2D eigenvalue weighted by molar-refractivity contribution is -0.131. The average Bonchev–Trinajstić information content (AvgIpc) is 2.82. The predicted molar refractivity (Wildman–Crippen MR) is 79.7 cm³/mol. The molecule has 0 aromatic heterocycles. The van der Waals surface area contributed by atoms with Crippen LogP contribution in [0.15, 0.2) is 35.3 Å². The molecular weight excluding hydrogens is 252 g/mol. The topological polar surface area (TPSA) is 50.7 Å². The van der Waals surface area contributed by atoms with E-state index in [4.69, 9.17) is 4.74 Å². The molecule has 1 aliphatic rings. The Morgan fingerprint density at radius 2 is 1.90 bits per heavy atom. The second kappa shape index (κ2) is 6.07. The van der Waals surface area contributed by atoms with E-state index in [1.165, 1.54) is 5.56 Å². The van der Waals surface area contributed by atoms with E-state index < -0.39 is 5.60 Å². The number of amidine groups is 1. The van der Waals surface area contributed by atoms with Crippen molar-refractivity contribution in [1.82, 2.24) is 5.32 Å². The van der Waals surface area contributed by atoms with E-state index in [1.807, 2.05) is 32.0 Å². The number of carbonyl (C=O) groups excluding carboxylic acids is 1. The number of rotatable bonds is 5. The van der Waals surface area contributed by atoms with Gasteiger partial charge in [-0.1, -0.05) is 51.1 Å². The Hall–Kier alpha value is -1.84. The van der Waals surface area contributed by atoms with Crippen LogP contribution in [-0.2, 0) is 9.53 Å². The summed E-state index contributed by atoms with van der Waals surface area (Å²) in [5.74, 6) is 0.219. The highest BCUT2D eigenvalue weighted by molar-refractivity contribution is 6.04. The monoisotopic (exact) mass is 274 g/mol. The largest absolute Gasteiger partial charge is 0.448 e. The van der Waals surface area contributed by atoms with E-state index in [-0.39, 0.29) is 5.91 Å². The minimum absolute atomic E-state index is 0.0754. The minimum atomic E-state index is -0.727. The van der Waals surface area contributed by atoms with Crippen LogP contribution in [0, 0.1) is 0 Å². The van der Waals surface area contributed by atoms with Gasteiger partial charge in [-0.25, -0.2) is 4.99 Å². The van der Waals surface area contributed by atoms with Crippen molar-refractivity contribution in [1.29, 1.82) is 0 Å². The number of nitrogens with one attached hydrogen (secondary N) is 1. The Morgan fingerprint density at radius 3 is 2.45 bits per heavy atom. The smallest absolute Gasteiger partial charge is 0.292 e. The van der Waals surface area contributed by atoms with Crippen molar-refractivity contribution in [3.05, 3.63) is 35.9 Å². The van der Waals surface area contributed by atoms with E-state index >= 15 is 0 Å². The lowest BCUT2D eigenvalue weighted by Crippen LogP contribution is -2.37. The van der Waals surface area contributed by atoms with Gasteiger partial charge in [0.1, 0.15) is 0 Å². The fourth-order valence-corrected chi connectivity index (χ4v) is 2.36. The van der Waals surface area contributed by atoms with Crippen LogP contribution in [0.4, 0.5) is 0 Å². The number of hydrogen-bond acceptors (Lipinski definition) is 3. The van der Waals surface area contributed by atoms with Crippen molar-refractivity contribution in [3.63, 3.8) is 0 Å². The third-order valence-corrected chi connectivity index (χ3v) is 3.95. The molecule has 2 rings (SSSR count). The van der Waals surface area contributed by atoms with Gasteiger partial charge >= 0.3 is 0 Å². The Morgan fingerprint density at radius 1 is 1.25 bits per heavy atom. The maximum atomic E-state index is 12.0. The van der Waals surface area contributed by atoms with Crippen molar-refractivity contribution in [3.8, 4) is 0 Å². The zero-order valence-electron chi connectivity index (χ0n) is 12.3. The SMILES string of the molecule is CCC1(CC)OC(=NC[C@@H](C)c2ccccc2)NC1=O. The van der Waals surface area contributed by atoms with Crippen molar-refractivity contribution in [2.45, 2.75) is 45.1 Å². The molecule has 0 unspecified atom stereocenters. The molecule has 1 fully saturated rings. The fourth-order valence-electron chi connectivity index (χ4n) is 2.36. The first-order valence-corrected chi connectivity index (χ1v) is 7.21. The molecule has 20 heavy (non-hydrogen) atoms. The second-order valence-corrected chi connectivity index (χ2v) is 5.22. The highest BCUT2D eigenvalue weighted by Gasteiger charge is 2.44. The van der Waals surface area contributed by atoms with Crippen LogP contribution in [0.5, 0.6) is 0 Å². The Balaban J connectivity index is 2.02. The van der Waals surface area contributed by atoms with Gasteiger partial charge in [-0.15, -0.1) is 0 Å². The number of carbonyl (C=O) groups is 1. The Labute approximate surface area is 120 Å². The highest BCUT2D eigenvalue weighted by Crippen LogP contribution is 2.25. The number of amides is 1. The van der Waals surface area contributed by atoms with E-state index in [9.17, 15) is 4.79 Å². The zero-order valence-corrected chi connectivity index (χ0v) is 12.3. The van der Waals surface area contributed by atoms with E-state index in [0.717, 1.165) is 0 Å². The molecule has 1 saturated heterocycles. The summed E-state index contributed by atoms with van der Waals surface area (Å²) in [7, 11) is 0. The quantitative estimate of drug-likeness (QED) is 0.897.